The third kappa shape index (κ3) is 2.79. The van der Waals surface area contributed by atoms with E-state index in [1.165, 1.54) is 13.4 Å². The molecule has 7 heteroatoms. The van der Waals surface area contributed by atoms with Crippen LogP contribution < -0.4 is 0 Å². The Bertz CT molecular complexity index is 569. The Morgan fingerprint density at radius 2 is 2.39 bits per heavy atom. The van der Waals surface area contributed by atoms with E-state index in [-0.39, 0.29) is 11.2 Å². The maximum Gasteiger partial charge on any atom is 0.306 e. The summed E-state index contributed by atoms with van der Waals surface area (Å²) in [6, 6.07) is 1.93. The molecule has 2 rings (SSSR count). The minimum atomic E-state index is -0.212. The lowest BCUT2D eigenvalue weighted by molar-refractivity contribution is -0.140. The highest BCUT2D eigenvalue weighted by Gasteiger charge is 2.14. The molecule has 0 aliphatic heterocycles. The number of fused-ring (bicyclic) bond motifs is 1. The van der Waals surface area contributed by atoms with Crippen LogP contribution in [0.4, 0.5) is 0 Å². The molecule has 0 aliphatic rings. The van der Waals surface area contributed by atoms with Crippen molar-refractivity contribution in [3.8, 4) is 0 Å². The van der Waals surface area contributed by atoms with E-state index in [0.29, 0.717) is 12.2 Å². The highest BCUT2D eigenvalue weighted by molar-refractivity contribution is 7.99. The van der Waals surface area contributed by atoms with E-state index in [1.54, 1.807) is 16.3 Å². The van der Waals surface area contributed by atoms with E-state index in [9.17, 15) is 4.79 Å². The Kier molecular flexibility index (Phi) is 3.81. The summed E-state index contributed by atoms with van der Waals surface area (Å²) in [7, 11) is 1.39. The normalized spacial score (nSPS) is 12.6. The van der Waals surface area contributed by atoms with Crippen molar-refractivity contribution in [2.75, 3.05) is 7.11 Å². The average molecular weight is 266 g/mol. The summed E-state index contributed by atoms with van der Waals surface area (Å²) < 4.78 is 6.33. The fourth-order valence-corrected chi connectivity index (χ4v) is 2.65. The third-order valence-corrected chi connectivity index (χ3v) is 3.45. The average Bonchev–Trinajstić information content (AvgIpc) is 2.76. The SMILES string of the molecule is COC(=O)CC(C)Sc1cc(C)nc2ncnn12. The van der Waals surface area contributed by atoms with Crippen LogP contribution in [0.25, 0.3) is 5.78 Å². The van der Waals surface area contributed by atoms with Crippen LogP contribution >= 0.6 is 11.8 Å². The molecule has 2 heterocycles. The maximum atomic E-state index is 11.2. The van der Waals surface area contributed by atoms with Crippen LogP contribution in [0.15, 0.2) is 17.4 Å². The molecule has 2 aromatic rings. The number of hydrogen-bond donors (Lipinski definition) is 0. The summed E-state index contributed by atoms with van der Waals surface area (Å²) in [6.45, 7) is 3.88. The number of carbonyl (C=O) groups is 1. The number of nitrogens with zero attached hydrogens (tertiary/aromatic N) is 4. The molecular formula is C11H14N4O2S. The van der Waals surface area contributed by atoms with Crippen molar-refractivity contribution in [1.29, 1.82) is 0 Å². The van der Waals surface area contributed by atoms with Crippen molar-refractivity contribution in [1.82, 2.24) is 19.6 Å². The minimum Gasteiger partial charge on any atom is -0.469 e. The third-order valence-electron chi connectivity index (χ3n) is 2.35. The molecule has 6 nitrogen and oxygen atoms in total. The lowest BCUT2D eigenvalue weighted by Crippen LogP contribution is -2.09. The van der Waals surface area contributed by atoms with Crippen molar-refractivity contribution in [3.05, 3.63) is 18.1 Å². The fourth-order valence-electron chi connectivity index (χ4n) is 1.55. The van der Waals surface area contributed by atoms with Crippen LogP contribution in [-0.4, -0.2) is 37.9 Å². The van der Waals surface area contributed by atoms with Crippen LogP contribution in [0.5, 0.6) is 0 Å². The molecule has 18 heavy (non-hydrogen) atoms. The summed E-state index contributed by atoms with van der Waals surface area (Å²) in [6.07, 6.45) is 1.83. The van der Waals surface area contributed by atoms with Gasteiger partial charge >= 0.3 is 5.97 Å². The van der Waals surface area contributed by atoms with E-state index in [1.807, 2.05) is 19.9 Å². The van der Waals surface area contributed by atoms with Gasteiger partial charge in [-0.05, 0) is 13.0 Å². The van der Waals surface area contributed by atoms with Gasteiger partial charge in [-0.25, -0.2) is 4.98 Å². The molecule has 0 bridgehead atoms. The van der Waals surface area contributed by atoms with Crippen molar-refractivity contribution in [2.45, 2.75) is 30.5 Å². The van der Waals surface area contributed by atoms with Gasteiger partial charge in [0.1, 0.15) is 11.4 Å². The lowest BCUT2D eigenvalue weighted by Gasteiger charge is -2.10. The van der Waals surface area contributed by atoms with Gasteiger partial charge in [-0.1, -0.05) is 6.92 Å². The zero-order chi connectivity index (χ0) is 13.1. The fraction of sp³-hybridized carbons (Fsp3) is 0.455. The number of aryl methyl sites for hydroxylation is 1. The molecule has 1 atom stereocenters. The van der Waals surface area contributed by atoms with Gasteiger partial charge in [-0.2, -0.15) is 14.6 Å². The minimum absolute atomic E-state index is 0.103. The number of rotatable bonds is 4. The predicted octanol–water partition coefficient (Wildman–Crippen LogP) is 1.48. The van der Waals surface area contributed by atoms with Crippen molar-refractivity contribution in [3.63, 3.8) is 0 Å². The van der Waals surface area contributed by atoms with Crippen molar-refractivity contribution < 1.29 is 9.53 Å². The second kappa shape index (κ2) is 5.34. The van der Waals surface area contributed by atoms with Gasteiger partial charge in [0.05, 0.1) is 13.5 Å². The quantitative estimate of drug-likeness (QED) is 0.474. The second-order valence-corrected chi connectivity index (χ2v) is 5.38. The molecule has 0 spiro atoms. The number of aromatic nitrogens is 4. The van der Waals surface area contributed by atoms with Crippen molar-refractivity contribution >= 4 is 23.5 Å². The first-order valence-corrected chi connectivity index (χ1v) is 6.39. The standard InChI is InChI=1S/C11H14N4O2S/c1-7-4-9(15-11(14-7)12-6-13-15)18-8(2)5-10(16)17-3/h4,6,8H,5H2,1-3H3. The molecule has 0 saturated heterocycles. The smallest absolute Gasteiger partial charge is 0.306 e. The Morgan fingerprint density at radius 3 is 3.11 bits per heavy atom. The highest BCUT2D eigenvalue weighted by Crippen LogP contribution is 2.25. The van der Waals surface area contributed by atoms with Crippen LogP contribution in [0.2, 0.25) is 0 Å². The van der Waals surface area contributed by atoms with Crippen LogP contribution in [0.1, 0.15) is 19.0 Å². The van der Waals surface area contributed by atoms with E-state index >= 15 is 0 Å². The number of carbonyl (C=O) groups excluding carboxylic acids is 1. The second-order valence-electron chi connectivity index (χ2n) is 3.92. The first-order valence-electron chi connectivity index (χ1n) is 5.51. The topological polar surface area (TPSA) is 69.4 Å². The predicted molar refractivity (Wildman–Crippen MR) is 67.5 cm³/mol. The molecule has 96 valence electrons. The number of methoxy groups -OCH3 is 1. The molecule has 0 aromatic carbocycles. The summed E-state index contributed by atoms with van der Waals surface area (Å²) in [4.78, 5) is 19.5. The van der Waals surface area contributed by atoms with E-state index < -0.39 is 0 Å². The Morgan fingerprint density at radius 1 is 1.61 bits per heavy atom. The Labute approximate surface area is 109 Å². The molecular weight excluding hydrogens is 252 g/mol. The zero-order valence-corrected chi connectivity index (χ0v) is 11.3. The molecule has 0 saturated carbocycles. The van der Waals surface area contributed by atoms with Gasteiger partial charge < -0.3 is 4.74 Å². The van der Waals surface area contributed by atoms with Crippen molar-refractivity contribution in [2.24, 2.45) is 0 Å². The summed E-state index contributed by atoms with van der Waals surface area (Å²) in [5.41, 5.74) is 0.878. The molecule has 1 unspecified atom stereocenters. The van der Waals surface area contributed by atoms with E-state index in [2.05, 4.69) is 19.8 Å². The highest BCUT2D eigenvalue weighted by atomic mass is 32.2. The number of esters is 1. The molecule has 2 aromatic heterocycles. The Balaban J connectivity index is 2.20. The van der Waals surface area contributed by atoms with Crippen LogP contribution in [0.3, 0.4) is 0 Å². The van der Waals surface area contributed by atoms with E-state index in [0.717, 1.165) is 10.7 Å². The number of hydrogen-bond acceptors (Lipinski definition) is 6. The van der Waals surface area contributed by atoms with Gasteiger partial charge in [0.25, 0.3) is 5.78 Å². The zero-order valence-electron chi connectivity index (χ0n) is 10.5. The molecule has 0 fully saturated rings. The van der Waals surface area contributed by atoms with Gasteiger partial charge in [-0.3, -0.25) is 4.79 Å². The molecule has 0 aliphatic carbocycles. The first-order chi connectivity index (χ1) is 8.60. The number of ether oxygens (including phenoxy) is 1. The Hall–Kier alpha value is -1.63. The largest absolute Gasteiger partial charge is 0.469 e. The van der Waals surface area contributed by atoms with Gasteiger partial charge in [0.15, 0.2) is 0 Å². The van der Waals surface area contributed by atoms with Crippen LogP contribution in [0, 0.1) is 6.92 Å². The molecule has 0 N–H and O–H groups in total. The maximum absolute atomic E-state index is 11.2. The molecule has 0 radical (unpaired) electrons. The summed E-state index contributed by atoms with van der Waals surface area (Å²) >= 11 is 1.56. The van der Waals surface area contributed by atoms with Gasteiger partial charge in [0.2, 0.25) is 0 Å². The van der Waals surface area contributed by atoms with Crippen LogP contribution in [-0.2, 0) is 9.53 Å². The van der Waals surface area contributed by atoms with E-state index in [4.69, 9.17) is 0 Å². The molecule has 0 amide bonds. The van der Waals surface area contributed by atoms with Gasteiger partial charge in [-0.15, -0.1) is 11.8 Å². The summed E-state index contributed by atoms with van der Waals surface area (Å²) in [5.74, 6) is 0.360. The first kappa shape index (κ1) is 12.8. The number of thioether (sulfide) groups is 1. The lowest BCUT2D eigenvalue weighted by atomic mass is 10.3. The van der Waals surface area contributed by atoms with Gasteiger partial charge in [0, 0.05) is 10.9 Å². The summed E-state index contributed by atoms with van der Waals surface area (Å²) in [5, 5.41) is 5.14. The monoisotopic (exact) mass is 266 g/mol.